The fourth-order valence-corrected chi connectivity index (χ4v) is 1.79. The van der Waals surface area contributed by atoms with E-state index in [0.29, 0.717) is 64.5 Å². The predicted octanol–water partition coefficient (Wildman–Crippen LogP) is 1.98. The Morgan fingerprint density at radius 1 is 0.941 bits per heavy atom. The molecule has 0 saturated carbocycles. The van der Waals surface area contributed by atoms with Gasteiger partial charge in [0, 0.05) is 0 Å². The Bertz CT molecular complexity index is 151. The molecule has 0 saturated heterocycles. The zero-order valence-corrected chi connectivity index (χ0v) is 14.6. The molecule has 0 aliphatic rings. The van der Waals surface area contributed by atoms with Crippen LogP contribution in [-0.2, 0) is 46.6 Å². The van der Waals surface area contributed by atoms with Crippen LogP contribution >= 0.6 is 0 Å². The van der Waals surface area contributed by atoms with Crippen molar-refractivity contribution in [2.45, 2.75) is 39.6 Å². The van der Waals surface area contributed by atoms with E-state index in [1.54, 1.807) is 0 Å². The van der Waals surface area contributed by atoms with Crippen molar-refractivity contribution >= 4 is 0 Å². The molecule has 0 radical (unpaired) electrons. The molecule has 0 bridgehead atoms. The summed E-state index contributed by atoms with van der Waals surface area (Å²) in [5, 5.41) is 0. The third-order valence-corrected chi connectivity index (χ3v) is 2.43. The zero-order chi connectivity index (χ0) is 13.0. The van der Waals surface area contributed by atoms with Crippen LogP contribution in [0.25, 0.3) is 0 Å². The summed E-state index contributed by atoms with van der Waals surface area (Å²) >= 11 is 0.702. The molecule has 0 aromatic rings. The van der Waals surface area contributed by atoms with Gasteiger partial charge in [-0.2, -0.15) is 0 Å². The third kappa shape index (κ3) is 8.40. The predicted molar refractivity (Wildman–Crippen MR) is 58.7 cm³/mol. The van der Waals surface area contributed by atoms with Gasteiger partial charge in [-0.15, -0.1) is 0 Å². The van der Waals surface area contributed by atoms with Crippen LogP contribution in [-0.4, -0.2) is 39.2 Å². The second kappa shape index (κ2) is 11.7. The Morgan fingerprint density at radius 3 is 1.88 bits per heavy atom. The standard InChI is InChI=1S/C11H23O5.Hf/c1-4-14-11(15-5-2,16-6-3)8-7-9-13-10-12;/h4-10H2,1-3H3;/q-1;+1. The first kappa shape index (κ1) is 17.7. The van der Waals surface area contributed by atoms with Crippen LogP contribution in [0.2, 0.25) is 0 Å². The monoisotopic (exact) mass is 415 g/mol. The van der Waals surface area contributed by atoms with Crippen LogP contribution in [0.3, 0.4) is 0 Å². The van der Waals surface area contributed by atoms with Crippen molar-refractivity contribution in [1.29, 1.82) is 0 Å². The van der Waals surface area contributed by atoms with Crippen LogP contribution in [0.5, 0.6) is 0 Å². The van der Waals surface area contributed by atoms with Crippen molar-refractivity contribution in [3.63, 3.8) is 0 Å². The third-order valence-electron chi connectivity index (χ3n) is 2.01. The van der Waals surface area contributed by atoms with E-state index in [4.69, 9.17) is 21.8 Å². The molecule has 0 N–H and O–H groups in total. The molecule has 0 rings (SSSR count). The summed E-state index contributed by atoms with van der Waals surface area (Å²) in [6.07, 6.45) is 1.47. The van der Waals surface area contributed by atoms with Gasteiger partial charge in [0.25, 0.3) is 0 Å². The minimum atomic E-state index is -0.913. The summed E-state index contributed by atoms with van der Waals surface area (Å²) in [4.78, 5) is 0. The summed E-state index contributed by atoms with van der Waals surface area (Å²) in [5.41, 5.74) is 0. The maximum atomic E-state index is 5.59. The molecule has 0 aromatic heterocycles. The van der Waals surface area contributed by atoms with E-state index in [-0.39, 0.29) is 0 Å². The SMILES string of the molecule is CCOC(CCCOC[O][Hf])(OCC)OCC. The number of ether oxygens (including phenoxy) is 4. The van der Waals surface area contributed by atoms with Crippen LogP contribution in [0, 0.1) is 0 Å². The van der Waals surface area contributed by atoms with Gasteiger partial charge in [-0.05, 0) is 0 Å². The van der Waals surface area contributed by atoms with E-state index in [1.165, 1.54) is 0 Å². The second-order valence-corrected chi connectivity index (χ2v) is 4.29. The Hall–Kier alpha value is 0.670. The number of rotatable bonds is 12. The van der Waals surface area contributed by atoms with Gasteiger partial charge >= 0.3 is 119 Å². The Kier molecular flexibility index (Phi) is 12.2. The van der Waals surface area contributed by atoms with Gasteiger partial charge in [0.05, 0.1) is 0 Å². The van der Waals surface area contributed by atoms with E-state index < -0.39 is 5.97 Å². The fourth-order valence-electron chi connectivity index (χ4n) is 1.49. The molecule has 0 atom stereocenters. The molecule has 0 aliphatic heterocycles. The summed E-state index contributed by atoms with van der Waals surface area (Å²) in [7, 11) is 0. The molecule has 0 spiro atoms. The van der Waals surface area contributed by atoms with Gasteiger partial charge < -0.3 is 0 Å². The normalized spacial score (nSPS) is 11.9. The molecule has 17 heavy (non-hydrogen) atoms. The minimum absolute atomic E-state index is 0.372. The second-order valence-electron chi connectivity index (χ2n) is 3.26. The van der Waals surface area contributed by atoms with Crippen molar-refractivity contribution in [3.8, 4) is 0 Å². The van der Waals surface area contributed by atoms with Gasteiger partial charge in [0.15, 0.2) is 0 Å². The average molecular weight is 414 g/mol. The summed E-state index contributed by atoms with van der Waals surface area (Å²) in [6, 6.07) is 0. The molecule has 0 fully saturated rings. The Labute approximate surface area is 119 Å². The molecule has 5 nitrogen and oxygen atoms in total. The number of hydrogen-bond acceptors (Lipinski definition) is 5. The Morgan fingerprint density at radius 2 is 1.47 bits per heavy atom. The molecular weight excluding hydrogens is 391 g/mol. The van der Waals surface area contributed by atoms with Gasteiger partial charge in [-0.1, -0.05) is 0 Å². The van der Waals surface area contributed by atoms with Crippen LogP contribution in [0.4, 0.5) is 0 Å². The van der Waals surface area contributed by atoms with Crippen molar-refractivity contribution in [2.75, 3.05) is 33.2 Å². The first-order valence-electron chi connectivity index (χ1n) is 6.02. The molecule has 0 aromatic carbocycles. The zero-order valence-electron chi connectivity index (χ0n) is 11.0. The Balaban J connectivity index is 4.05. The van der Waals surface area contributed by atoms with Gasteiger partial charge in [0.2, 0.25) is 0 Å². The van der Waals surface area contributed by atoms with Gasteiger partial charge in [-0.25, -0.2) is 0 Å². The van der Waals surface area contributed by atoms with Crippen molar-refractivity contribution < 1.29 is 46.6 Å². The fraction of sp³-hybridized carbons (Fsp3) is 1.00. The molecule has 101 valence electrons. The molecular formula is C11H23HfO5. The first-order chi connectivity index (χ1) is 8.24. The molecule has 6 heteroatoms. The molecule has 0 heterocycles. The summed E-state index contributed by atoms with van der Waals surface area (Å²) < 4.78 is 27.0. The van der Waals surface area contributed by atoms with E-state index in [2.05, 4.69) is 0 Å². The van der Waals surface area contributed by atoms with Crippen LogP contribution in [0.1, 0.15) is 33.6 Å². The molecule has 0 aliphatic carbocycles. The van der Waals surface area contributed by atoms with Gasteiger partial charge in [0.1, 0.15) is 0 Å². The molecule has 0 unspecified atom stereocenters. The topological polar surface area (TPSA) is 46.2 Å². The van der Waals surface area contributed by atoms with Crippen molar-refractivity contribution in [3.05, 3.63) is 0 Å². The quantitative estimate of drug-likeness (QED) is 0.278. The summed E-state index contributed by atoms with van der Waals surface area (Å²) in [5.74, 6) is -0.913. The molecule has 0 amide bonds. The van der Waals surface area contributed by atoms with Crippen LogP contribution in [0.15, 0.2) is 0 Å². The van der Waals surface area contributed by atoms with Crippen LogP contribution < -0.4 is 0 Å². The van der Waals surface area contributed by atoms with Crippen molar-refractivity contribution in [1.82, 2.24) is 0 Å². The van der Waals surface area contributed by atoms with E-state index >= 15 is 0 Å². The van der Waals surface area contributed by atoms with Crippen molar-refractivity contribution in [2.24, 2.45) is 0 Å². The summed E-state index contributed by atoms with van der Waals surface area (Å²) in [6.45, 7) is 8.46. The maximum absolute atomic E-state index is 5.59. The van der Waals surface area contributed by atoms with E-state index in [0.717, 1.165) is 6.42 Å². The van der Waals surface area contributed by atoms with E-state index in [9.17, 15) is 0 Å². The van der Waals surface area contributed by atoms with Gasteiger partial charge in [-0.3, -0.25) is 0 Å². The van der Waals surface area contributed by atoms with E-state index in [1.807, 2.05) is 20.8 Å². The number of hydrogen-bond donors (Lipinski definition) is 0. The first-order valence-corrected chi connectivity index (χ1v) is 7.49. The average Bonchev–Trinajstić information content (AvgIpc) is 2.30.